The van der Waals surface area contributed by atoms with Crippen LogP contribution in [0.2, 0.25) is 0 Å². The van der Waals surface area contributed by atoms with Gasteiger partial charge in [0.05, 0.1) is 11.1 Å². The highest BCUT2D eigenvalue weighted by molar-refractivity contribution is 9.10. The maximum atomic E-state index is 12.0. The lowest BCUT2D eigenvalue weighted by atomic mass is 10.6. The van der Waals surface area contributed by atoms with Gasteiger partial charge in [-0.25, -0.2) is 8.78 Å². The lowest BCUT2D eigenvalue weighted by molar-refractivity contribution is 0.121. The van der Waals surface area contributed by atoms with E-state index in [-0.39, 0.29) is 6.54 Å². The number of halogens is 3. The SMILES string of the molecule is CCSc1cnn(CC(F)F)c1Br. The van der Waals surface area contributed by atoms with Crippen LogP contribution in [0.4, 0.5) is 8.78 Å². The van der Waals surface area contributed by atoms with Crippen molar-refractivity contribution in [3.05, 3.63) is 10.8 Å². The average Bonchev–Trinajstić information content (AvgIpc) is 2.36. The van der Waals surface area contributed by atoms with Crippen molar-refractivity contribution in [2.45, 2.75) is 24.8 Å². The highest BCUT2D eigenvalue weighted by atomic mass is 79.9. The summed E-state index contributed by atoms with van der Waals surface area (Å²) < 4.78 is 25.9. The third kappa shape index (κ3) is 2.95. The summed E-state index contributed by atoms with van der Waals surface area (Å²) in [6.45, 7) is 1.65. The lowest BCUT2D eigenvalue weighted by Crippen LogP contribution is -2.07. The van der Waals surface area contributed by atoms with Gasteiger partial charge in [-0.3, -0.25) is 4.68 Å². The van der Waals surface area contributed by atoms with Crippen molar-refractivity contribution < 1.29 is 8.78 Å². The smallest absolute Gasteiger partial charge is 0.252 e. The number of hydrogen-bond acceptors (Lipinski definition) is 2. The van der Waals surface area contributed by atoms with Crippen LogP contribution in [0.1, 0.15) is 6.92 Å². The summed E-state index contributed by atoms with van der Waals surface area (Å²) in [6, 6.07) is 0. The molecule has 6 heteroatoms. The Hall–Kier alpha value is -0.100. The minimum Gasteiger partial charge on any atom is -0.252 e. The minimum absolute atomic E-state index is 0.356. The van der Waals surface area contributed by atoms with Gasteiger partial charge in [0.25, 0.3) is 6.43 Å². The Bertz CT molecular complexity index is 277. The zero-order valence-electron chi connectivity index (χ0n) is 7.01. The summed E-state index contributed by atoms with van der Waals surface area (Å²) in [5.41, 5.74) is 0. The van der Waals surface area contributed by atoms with Crippen LogP contribution in [-0.2, 0) is 6.54 Å². The largest absolute Gasteiger partial charge is 0.257 e. The second-order valence-corrected chi connectivity index (χ2v) is 4.36. The number of nitrogens with zero attached hydrogens (tertiary/aromatic N) is 2. The van der Waals surface area contributed by atoms with E-state index in [0.717, 1.165) is 10.6 Å². The molecule has 13 heavy (non-hydrogen) atoms. The molecule has 0 aromatic carbocycles. The molecule has 1 aromatic rings. The Morgan fingerprint density at radius 1 is 1.69 bits per heavy atom. The van der Waals surface area contributed by atoms with Crippen LogP contribution in [-0.4, -0.2) is 22.0 Å². The highest BCUT2D eigenvalue weighted by Gasteiger charge is 2.11. The molecule has 0 atom stereocenters. The van der Waals surface area contributed by atoms with Gasteiger partial charge in [-0.05, 0) is 21.7 Å². The van der Waals surface area contributed by atoms with Crippen LogP contribution in [0, 0.1) is 0 Å². The maximum absolute atomic E-state index is 12.0. The van der Waals surface area contributed by atoms with Crippen LogP contribution in [0.25, 0.3) is 0 Å². The third-order valence-electron chi connectivity index (χ3n) is 1.36. The number of hydrogen-bond donors (Lipinski definition) is 0. The van der Waals surface area contributed by atoms with Gasteiger partial charge in [0.15, 0.2) is 0 Å². The van der Waals surface area contributed by atoms with E-state index in [9.17, 15) is 8.78 Å². The number of thioether (sulfide) groups is 1. The molecule has 1 aromatic heterocycles. The molecular formula is C7H9BrF2N2S. The van der Waals surface area contributed by atoms with E-state index < -0.39 is 6.43 Å². The molecule has 74 valence electrons. The first-order valence-corrected chi connectivity index (χ1v) is 5.55. The molecule has 0 fully saturated rings. The third-order valence-corrected chi connectivity index (χ3v) is 3.35. The Labute approximate surface area is 87.8 Å². The summed E-state index contributed by atoms with van der Waals surface area (Å²) >= 11 is 4.80. The van der Waals surface area contributed by atoms with Gasteiger partial charge in [0.2, 0.25) is 0 Å². The molecule has 0 unspecified atom stereocenters. The number of aromatic nitrogens is 2. The monoisotopic (exact) mass is 270 g/mol. The predicted molar refractivity (Wildman–Crippen MR) is 52.3 cm³/mol. The van der Waals surface area contributed by atoms with E-state index in [1.807, 2.05) is 6.92 Å². The molecule has 0 spiro atoms. The van der Waals surface area contributed by atoms with E-state index >= 15 is 0 Å². The molecule has 0 amide bonds. The van der Waals surface area contributed by atoms with Crippen molar-refractivity contribution in [3.8, 4) is 0 Å². The molecular weight excluding hydrogens is 262 g/mol. The van der Waals surface area contributed by atoms with E-state index in [0.29, 0.717) is 4.60 Å². The standard InChI is InChI=1S/C7H9BrF2N2S/c1-2-13-5-3-11-12(7(5)8)4-6(9)10/h3,6H,2,4H2,1H3. The Morgan fingerprint density at radius 2 is 2.38 bits per heavy atom. The molecule has 2 nitrogen and oxygen atoms in total. The van der Waals surface area contributed by atoms with Crippen molar-refractivity contribution in [2.24, 2.45) is 0 Å². The van der Waals surface area contributed by atoms with Crippen molar-refractivity contribution in [2.75, 3.05) is 5.75 Å². The Kier molecular flexibility index (Phi) is 4.18. The van der Waals surface area contributed by atoms with E-state index in [1.54, 1.807) is 18.0 Å². The van der Waals surface area contributed by atoms with Crippen LogP contribution in [0.3, 0.4) is 0 Å². The highest BCUT2D eigenvalue weighted by Crippen LogP contribution is 2.27. The lowest BCUT2D eigenvalue weighted by Gasteiger charge is -2.01. The zero-order chi connectivity index (χ0) is 9.84. The minimum atomic E-state index is -2.37. The predicted octanol–water partition coefficient (Wildman–Crippen LogP) is 3.02. The van der Waals surface area contributed by atoms with Gasteiger partial charge in [0.1, 0.15) is 11.1 Å². The van der Waals surface area contributed by atoms with Gasteiger partial charge in [-0.1, -0.05) is 6.92 Å². The van der Waals surface area contributed by atoms with Crippen molar-refractivity contribution in [1.82, 2.24) is 9.78 Å². The first-order valence-electron chi connectivity index (χ1n) is 3.77. The van der Waals surface area contributed by atoms with Crippen LogP contribution >= 0.6 is 27.7 Å². The van der Waals surface area contributed by atoms with E-state index in [2.05, 4.69) is 21.0 Å². The molecule has 0 N–H and O–H groups in total. The molecule has 0 radical (unpaired) electrons. The van der Waals surface area contributed by atoms with Crippen molar-refractivity contribution in [3.63, 3.8) is 0 Å². The number of alkyl halides is 2. The van der Waals surface area contributed by atoms with E-state index in [1.165, 1.54) is 4.68 Å². The van der Waals surface area contributed by atoms with Crippen LogP contribution in [0.15, 0.2) is 15.7 Å². The van der Waals surface area contributed by atoms with E-state index in [4.69, 9.17) is 0 Å². The molecule has 0 saturated carbocycles. The van der Waals surface area contributed by atoms with Crippen molar-refractivity contribution in [1.29, 1.82) is 0 Å². The molecule has 0 aliphatic heterocycles. The fourth-order valence-corrected chi connectivity index (χ4v) is 2.20. The summed E-state index contributed by atoms with van der Waals surface area (Å²) in [4.78, 5) is 0.906. The Balaban J connectivity index is 2.74. The van der Waals surface area contributed by atoms with Gasteiger partial charge in [-0.15, -0.1) is 11.8 Å². The fraction of sp³-hybridized carbons (Fsp3) is 0.571. The number of rotatable bonds is 4. The van der Waals surface area contributed by atoms with Gasteiger partial charge in [-0.2, -0.15) is 5.10 Å². The van der Waals surface area contributed by atoms with Crippen LogP contribution < -0.4 is 0 Å². The quantitative estimate of drug-likeness (QED) is 0.783. The summed E-state index contributed by atoms with van der Waals surface area (Å²) in [7, 11) is 0. The average molecular weight is 271 g/mol. The Morgan fingerprint density at radius 3 is 2.92 bits per heavy atom. The molecule has 0 aliphatic carbocycles. The summed E-state index contributed by atoms with van der Waals surface area (Å²) in [5.74, 6) is 0.902. The maximum Gasteiger partial charge on any atom is 0.257 e. The molecule has 0 aliphatic rings. The van der Waals surface area contributed by atoms with Crippen molar-refractivity contribution >= 4 is 27.7 Å². The first-order chi connectivity index (χ1) is 6.15. The molecule has 0 bridgehead atoms. The first kappa shape index (κ1) is 11.0. The second-order valence-electron chi connectivity index (χ2n) is 2.31. The van der Waals surface area contributed by atoms with Gasteiger partial charge >= 0.3 is 0 Å². The normalized spacial score (nSPS) is 11.2. The summed E-state index contributed by atoms with van der Waals surface area (Å²) in [6.07, 6.45) is -0.767. The van der Waals surface area contributed by atoms with Gasteiger partial charge in [0, 0.05) is 0 Å². The zero-order valence-corrected chi connectivity index (χ0v) is 9.41. The topological polar surface area (TPSA) is 17.8 Å². The fourth-order valence-electron chi connectivity index (χ4n) is 0.864. The van der Waals surface area contributed by atoms with Gasteiger partial charge < -0.3 is 0 Å². The molecule has 0 saturated heterocycles. The summed E-state index contributed by atoms with van der Waals surface area (Å²) in [5, 5.41) is 3.84. The molecule has 1 heterocycles. The second kappa shape index (κ2) is 4.95. The van der Waals surface area contributed by atoms with Crippen LogP contribution in [0.5, 0.6) is 0 Å². The molecule has 1 rings (SSSR count).